The van der Waals surface area contributed by atoms with E-state index in [-0.39, 0.29) is 5.91 Å². The topological polar surface area (TPSA) is 42.0 Å². The molecule has 0 spiro atoms. The first-order valence-electron chi connectivity index (χ1n) is 3.53. The van der Waals surface area contributed by atoms with Gasteiger partial charge < -0.3 is 5.32 Å². The van der Waals surface area contributed by atoms with Crippen molar-refractivity contribution >= 4 is 5.91 Å². The van der Waals surface area contributed by atoms with Crippen molar-refractivity contribution < 1.29 is 9.18 Å². The van der Waals surface area contributed by atoms with Gasteiger partial charge in [0.25, 0.3) is 0 Å². The molecule has 4 heteroatoms. The van der Waals surface area contributed by atoms with Crippen LogP contribution < -0.4 is 5.32 Å². The maximum atomic E-state index is 12.3. The fraction of sp³-hybridized carbons (Fsp3) is 0.250. The van der Waals surface area contributed by atoms with Crippen LogP contribution in [0, 0.1) is 5.95 Å². The zero-order chi connectivity index (χ0) is 8.97. The van der Waals surface area contributed by atoms with Gasteiger partial charge in [0.1, 0.15) is 0 Å². The third-order valence-corrected chi connectivity index (χ3v) is 1.33. The van der Waals surface area contributed by atoms with Gasteiger partial charge in [-0.2, -0.15) is 4.39 Å². The molecule has 1 amide bonds. The van der Waals surface area contributed by atoms with Crippen LogP contribution in [0.25, 0.3) is 0 Å². The van der Waals surface area contributed by atoms with Crippen LogP contribution in [0.1, 0.15) is 12.5 Å². The van der Waals surface area contributed by atoms with Crippen molar-refractivity contribution in [1.29, 1.82) is 0 Å². The number of halogens is 1. The average molecular weight is 168 g/mol. The van der Waals surface area contributed by atoms with Gasteiger partial charge in [0, 0.05) is 19.7 Å². The summed E-state index contributed by atoms with van der Waals surface area (Å²) >= 11 is 0. The van der Waals surface area contributed by atoms with E-state index in [1.165, 1.54) is 19.2 Å². The van der Waals surface area contributed by atoms with E-state index in [2.05, 4.69) is 10.3 Å². The fourth-order valence-corrected chi connectivity index (χ4v) is 0.738. The predicted octanol–water partition coefficient (Wildman–Crippen LogP) is 0.857. The average Bonchev–Trinajstić information content (AvgIpc) is 2.03. The Morgan fingerprint density at radius 1 is 1.67 bits per heavy atom. The summed E-state index contributed by atoms with van der Waals surface area (Å²) in [5.74, 6) is -0.624. The molecule has 0 saturated heterocycles. The molecule has 0 aliphatic rings. The largest absolute Gasteiger partial charge is 0.352 e. The molecule has 12 heavy (non-hydrogen) atoms. The number of carbonyl (C=O) groups excluding carboxylic acids is 1. The number of nitrogens with one attached hydrogen (secondary N) is 1. The van der Waals surface area contributed by atoms with E-state index in [0.29, 0.717) is 6.54 Å². The van der Waals surface area contributed by atoms with E-state index in [4.69, 9.17) is 0 Å². The number of pyridine rings is 1. The SMILES string of the molecule is CC(=O)NCc1ccc(F)nc1. The van der Waals surface area contributed by atoms with Crippen LogP contribution in [0.5, 0.6) is 0 Å². The smallest absolute Gasteiger partial charge is 0.217 e. The molecule has 0 bridgehead atoms. The maximum absolute atomic E-state index is 12.3. The predicted molar refractivity (Wildman–Crippen MR) is 41.7 cm³/mol. The first-order chi connectivity index (χ1) is 5.68. The highest BCUT2D eigenvalue weighted by atomic mass is 19.1. The van der Waals surface area contributed by atoms with Crippen LogP contribution >= 0.6 is 0 Å². The van der Waals surface area contributed by atoms with Gasteiger partial charge in [-0.3, -0.25) is 4.79 Å². The van der Waals surface area contributed by atoms with Crippen molar-refractivity contribution in [3.8, 4) is 0 Å². The summed E-state index contributed by atoms with van der Waals surface area (Å²) in [6, 6.07) is 2.84. The molecule has 0 aliphatic carbocycles. The molecule has 64 valence electrons. The minimum Gasteiger partial charge on any atom is -0.352 e. The number of carbonyl (C=O) groups is 1. The van der Waals surface area contributed by atoms with Gasteiger partial charge in [0.15, 0.2) is 0 Å². The van der Waals surface area contributed by atoms with Crippen molar-refractivity contribution in [1.82, 2.24) is 10.3 Å². The zero-order valence-corrected chi connectivity index (χ0v) is 6.67. The molecule has 0 unspecified atom stereocenters. The molecule has 0 fully saturated rings. The van der Waals surface area contributed by atoms with E-state index in [1.54, 1.807) is 6.07 Å². The normalized spacial score (nSPS) is 9.50. The van der Waals surface area contributed by atoms with Crippen molar-refractivity contribution in [2.75, 3.05) is 0 Å². The summed E-state index contributed by atoms with van der Waals surface area (Å²) in [4.78, 5) is 13.9. The van der Waals surface area contributed by atoms with Crippen molar-refractivity contribution in [2.24, 2.45) is 0 Å². The molecule has 1 rings (SSSR count). The zero-order valence-electron chi connectivity index (χ0n) is 6.67. The number of hydrogen-bond donors (Lipinski definition) is 1. The van der Waals surface area contributed by atoms with E-state index < -0.39 is 5.95 Å². The third kappa shape index (κ3) is 2.65. The van der Waals surface area contributed by atoms with E-state index in [1.807, 2.05) is 0 Å². The summed E-state index contributed by atoms with van der Waals surface area (Å²) in [6.45, 7) is 1.82. The molecule has 0 atom stereocenters. The Labute approximate surface area is 69.6 Å². The Balaban J connectivity index is 2.53. The van der Waals surface area contributed by atoms with E-state index in [9.17, 15) is 9.18 Å². The van der Waals surface area contributed by atoms with Crippen molar-refractivity contribution in [2.45, 2.75) is 13.5 Å². The van der Waals surface area contributed by atoms with Gasteiger partial charge in [-0.1, -0.05) is 6.07 Å². The minimum absolute atomic E-state index is 0.112. The van der Waals surface area contributed by atoms with Gasteiger partial charge in [-0.15, -0.1) is 0 Å². The van der Waals surface area contributed by atoms with Crippen LogP contribution in [0.3, 0.4) is 0 Å². The second kappa shape index (κ2) is 3.80. The Kier molecular flexibility index (Phi) is 2.74. The minimum atomic E-state index is -0.512. The Hall–Kier alpha value is -1.45. The van der Waals surface area contributed by atoms with Crippen molar-refractivity contribution in [3.05, 3.63) is 29.8 Å². The lowest BCUT2D eigenvalue weighted by Crippen LogP contribution is -2.18. The molecule has 0 aliphatic heterocycles. The fourth-order valence-electron chi connectivity index (χ4n) is 0.738. The first kappa shape index (κ1) is 8.64. The molecule has 3 nitrogen and oxygen atoms in total. The molecule has 1 heterocycles. The molecule has 0 radical (unpaired) electrons. The molecule has 0 aromatic carbocycles. The van der Waals surface area contributed by atoms with Crippen molar-refractivity contribution in [3.63, 3.8) is 0 Å². The Morgan fingerprint density at radius 2 is 2.42 bits per heavy atom. The maximum Gasteiger partial charge on any atom is 0.217 e. The van der Waals surface area contributed by atoms with E-state index >= 15 is 0 Å². The lowest BCUT2D eigenvalue weighted by Gasteiger charge is -2.00. The molecule has 1 N–H and O–H groups in total. The molecule has 1 aromatic heterocycles. The first-order valence-corrected chi connectivity index (χ1v) is 3.53. The number of rotatable bonds is 2. The second-order valence-corrected chi connectivity index (χ2v) is 2.40. The van der Waals surface area contributed by atoms with Gasteiger partial charge >= 0.3 is 0 Å². The summed E-state index contributed by atoms with van der Waals surface area (Å²) in [5, 5.41) is 2.58. The van der Waals surface area contributed by atoms with Gasteiger partial charge in [0.2, 0.25) is 11.9 Å². The van der Waals surface area contributed by atoms with Gasteiger partial charge in [-0.25, -0.2) is 4.98 Å². The number of hydrogen-bond acceptors (Lipinski definition) is 2. The quantitative estimate of drug-likeness (QED) is 0.665. The summed E-state index contributed by atoms with van der Waals surface area (Å²) < 4.78 is 12.3. The lowest BCUT2D eigenvalue weighted by molar-refractivity contribution is -0.119. The van der Waals surface area contributed by atoms with Gasteiger partial charge in [0.05, 0.1) is 0 Å². The standard InChI is InChI=1S/C8H9FN2O/c1-6(12)10-4-7-2-3-8(9)11-5-7/h2-3,5H,4H2,1H3,(H,10,12). The highest BCUT2D eigenvalue weighted by Crippen LogP contribution is 1.97. The number of aromatic nitrogens is 1. The monoisotopic (exact) mass is 168 g/mol. The summed E-state index contributed by atoms with van der Waals surface area (Å²) in [5.41, 5.74) is 0.784. The van der Waals surface area contributed by atoms with Crippen LogP contribution in [-0.4, -0.2) is 10.9 Å². The summed E-state index contributed by atoms with van der Waals surface area (Å²) in [7, 11) is 0. The molecule has 0 saturated carbocycles. The van der Waals surface area contributed by atoms with Crippen LogP contribution in [0.4, 0.5) is 4.39 Å². The van der Waals surface area contributed by atoms with Crippen LogP contribution in [0.2, 0.25) is 0 Å². The third-order valence-electron chi connectivity index (χ3n) is 1.33. The number of nitrogens with zero attached hydrogens (tertiary/aromatic N) is 1. The Bertz CT molecular complexity index is 271. The van der Waals surface area contributed by atoms with E-state index in [0.717, 1.165) is 5.56 Å². The molecular formula is C8H9FN2O. The lowest BCUT2D eigenvalue weighted by atomic mass is 10.3. The van der Waals surface area contributed by atoms with Crippen LogP contribution in [0.15, 0.2) is 18.3 Å². The highest BCUT2D eigenvalue weighted by Gasteiger charge is 1.95. The second-order valence-electron chi connectivity index (χ2n) is 2.40. The highest BCUT2D eigenvalue weighted by molar-refractivity contribution is 5.72. The molecular weight excluding hydrogens is 159 g/mol. The van der Waals surface area contributed by atoms with Crippen LogP contribution in [-0.2, 0) is 11.3 Å². The summed E-state index contributed by atoms with van der Waals surface area (Å²) in [6.07, 6.45) is 1.39. The Morgan fingerprint density at radius 3 is 2.92 bits per heavy atom. The van der Waals surface area contributed by atoms with Gasteiger partial charge in [-0.05, 0) is 11.6 Å². The molecule has 1 aromatic rings. The number of amides is 1.